The minimum Gasteiger partial charge on any atom is -0.494 e. The van der Waals surface area contributed by atoms with E-state index in [0.29, 0.717) is 17.9 Å². The molecule has 0 saturated carbocycles. The van der Waals surface area contributed by atoms with Crippen LogP contribution >= 0.6 is 0 Å². The number of rotatable bonds is 5. The number of hydrogen-bond acceptors (Lipinski definition) is 3. The van der Waals surface area contributed by atoms with Crippen molar-refractivity contribution in [2.45, 2.75) is 6.92 Å². The molecule has 0 saturated heterocycles. The summed E-state index contributed by atoms with van der Waals surface area (Å²) in [6.07, 6.45) is 0. The largest absolute Gasteiger partial charge is 0.494 e. The highest BCUT2D eigenvalue weighted by Gasteiger charge is 2.20. The van der Waals surface area contributed by atoms with Crippen LogP contribution in [0.2, 0.25) is 0 Å². The third-order valence-corrected chi connectivity index (χ3v) is 4.84. The van der Waals surface area contributed by atoms with Gasteiger partial charge in [-0.3, -0.25) is 0 Å². The molecule has 4 rings (SSSR count). The summed E-state index contributed by atoms with van der Waals surface area (Å²) in [5.74, 6) is -3.58. The maximum atomic E-state index is 15.0. The molecule has 3 aromatic carbocycles. The first-order valence-corrected chi connectivity index (χ1v) is 9.44. The van der Waals surface area contributed by atoms with E-state index in [1.54, 1.807) is 24.3 Å². The highest BCUT2D eigenvalue weighted by Crippen LogP contribution is 2.33. The van der Waals surface area contributed by atoms with Crippen LogP contribution in [0.4, 0.5) is 13.2 Å². The zero-order valence-electron chi connectivity index (χ0n) is 16.3. The van der Waals surface area contributed by atoms with Crippen molar-refractivity contribution in [3.05, 3.63) is 83.7 Å². The van der Waals surface area contributed by atoms with Gasteiger partial charge in [0.1, 0.15) is 11.6 Å². The van der Waals surface area contributed by atoms with E-state index in [2.05, 4.69) is 4.98 Å². The average Bonchev–Trinajstić information content (AvgIpc) is 2.76. The van der Waals surface area contributed by atoms with Crippen molar-refractivity contribution in [3.8, 4) is 28.1 Å². The molecule has 7 heteroatoms. The molecule has 1 aromatic heterocycles. The van der Waals surface area contributed by atoms with Crippen molar-refractivity contribution in [2.75, 3.05) is 6.61 Å². The Kier molecular flexibility index (Phi) is 5.33. The molecule has 31 heavy (non-hydrogen) atoms. The lowest BCUT2D eigenvalue weighted by Crippen LogP contribution is -2.02. The topological polar surface area (TPSA) is 59.4 Å². The van der Waals surface area contributed by atoms with Crippen molar-refractivity contribution in [1.82, 2.24) is 4.98 Å². The average molecular weight is 423 g/mol. The molecular formula is C24H16F3NO3. The Hall–Kier alpha value is -3.87. The smallest absolute Gasteiger partial charge is 0.336 e. The van der Waals surface area contributed by atoms with Crippen molar-refractivity contribution < 1.29 is 27.8 Å². The van der Waals surface area contributed by atoms with E-state index in [0.717, 1.165) is 18.2 Å². The van der Waals surface area contributed by atoms with Crippen LogP contribution in [-0.2, 0) is 0 Å². The van der Waals surface area contributed by atoms with E-state index in [-0.39, 0.29) is 33.3 Å². The zero-order valence-corrected chi connectivity index (χ0v) is 16.3. The number of aromatic nitrogens is 1. The fourth-order valence-corrected chi connectivity index (χ4v) is 3.38. The molecule has 4 nitrogen and oxygen atoms in total. The first-order valence-electron chi connectivity index (χ1n) is 9.44. The van der Waals surface area contributed by atoms with Crippen LogP contribution in [0.1, 0.15) is 17.3 Å². The van der Waals surface area contributed by atoms with Crippen LogP contribution in [0.5, 0.6) is 5.75 Å². The van der Waals surface area contributed by atoms with Crippen molar-refractivity contribution in [1.29, 1.82) is 0 Å². The summed E-state index contributed by atoms with van der Waals surface area (Å²) in [6, 6.07) is 13.9. The van der Waals surface area contributed by atoms with Gasteiger partial charge in [-0.1, -0.05) is 18.2 Å². The van der Waals surface area contributed by atoms with Crippen LogP contribution in [-0.4, -0.2) is 22.7 Å². The maximum Gasteiger partial charge on any atom is 0.336 e. The standard InChI is InChI=1S/C24H16F3NO3/c1-2-31-15-6-3-13(4-7-15)16-8-9-17(23(27)22(16)26)21-12-19(24(29)30)18-11-14(25)5-10-20(18)28-21/h3-12H,2H2,1H3,(H,29,30). The van der Waals surface area contributed by atoms with Gasteiger partial charge in [-0.25, -0.2) is 22.9 Å². The number of pyridine rings is 1. The van der Waals surface area contributed by atoms with Crippen LogP contribution in [0.3, 0.4) is 0 Å². The van der Waals surface area contributed by atoms with Gasteiger partial charge in [0.15, 0.2) is 11.6 Å². The third-order valence-electron chi connectivity index (χ3n) is 4.84. The molecule has 0 fully saturated rings. The molecule has 0 bridgehead atoms. The van der Waals surface area contributed by atoms with Crippen molar-refractivity contribution in [3.63, 3.8) is 0 Å². The first-order chi connectivity index (χ1) is 14.9. The van der Waals surface area contributed by atoms with E-state index in [9.17, 15) is 23.1 Å². The predicted octanol–water partition coefficient (Wildman–Crippen LogP) is 6.08. The second kappa shape index (κ2) is 8.10. The third kappa shape index (κ3) is 3.82. The number of hydrogen-bond donors (Lipinski definition) is 1. The minimum absolute atomic E-state index is 0.0469. The van der Waals surface area contributed by atoms with E-state index < -0.39 is 23.4 Å². The molecule has 4 aromatic rings. The molecule has 0 amide bonds. The summed E-state index contributed by atoms with van der Waals surface area (Å²) < 4.78 is 48.8. The highest BCUT2D eigenvalue weighted by molar-refractivity contribution is 6.03. The normalized spacial score (nSPS) is 11.0. The molecule has 156 valence electrons. The Morgan fingerprint density at radius 3 is 2.29 bits per heavy atom. The van der Waals surface area contributed by atoms with Crippen LogP contribution in [0.25, 0.3) is 33.3 Å². The van der Waals surface area contributed by atoms with Crippen LogP contribution in [0, 0.1) is 17.5 Å². The monoisotopic (exact) mass is 423 g/mol. The molecule has 1 N–H and O–H groups in total. The second-order valence-corrected chi connectivity index (χ2v) is 6.77. The van der Waals surface area contributed by atoms with Gasteiger partial charge in [0.2, 0.25) is 0 Å². The molecule has 0 aliphatic carbocycles. The Bertz CT molecular complexity index is 1300. The van der Waals surface area contributed by atoms with Gasteiger partial charge < -0.3 is 9.84 Å². The number of nitrogens with zero attached hydrogens (tertiary/aromatic N) is 1. The van der Waals surface area contributed by atoms with E-state index in [4.69, 9.17) is 4.74 Å². The molecule has 0 radical (unpaired) electrons. The highest BCUT2D eigenvalue weighted by atomic mass is 19.2. The summed E-state index contributed by atoms with van der Waals surface area (Å²) >= 11 is 0. The maximum absolute atomic E-state index is 15.0. The Labute approximate surface area is 175 Å². The van der Waals surface area contributed by atoms with Crippen molar-refractivity contribution in [2.24, 2.45) is 0 Å². The summed E-state index contributed by atoms with van der Waals surface area (Å²) in [6.45, 7) is 2.33. The number of halogens is 3. The fraction of sp³-hybridized carbons (Fsp3) is 0.0833. The van der Waals surface area contributed by atoms with E-state index in [1.165, 1.54) is 18.2 Å². The number of carboxylic acids is 1. The molecule has 1 heterocycles. The van der Waals surface area contributed by atoms with Gasteiger partial charge in [0.05, 0.1) is 23.4 Å². The quantitative estimate of drug-likeness (QED) is 0.422. The van der Waals surface area contributed by atoms with Crippen LogP contribution < -0.4 is 4.74 Å². The number of carbonyl (C=O) groups is 1. The summed E-state index contributed by atoms with van der Waals surface area (Å²) in [4.78, 5) is 15.9. The lowest BCUT2D eigenvalue weighted by atomic mass is 9.99. The Morgan fingerprint density at radius 2 is 1.61 bits per heavy atom. The molecule has 0 atom stereocenters. The molecule has 0 spiro atoms. The number of aromatic carboxylic acids is 1. The Balaban J connectivity index is 1.82. The summed E-state index contributed by atoms with van der Waals surface area (Å²) in [7, 11) is 0. The van der Waals surface area contributed by atoms with E-state index >= 15 is 0 Å². The number of carboxylic acid groups (broad SMARTS) is 1. The van der Waals surface area contributed by atoms with Gasteiger partial charge in [0, 0.05) is 16.5 Å². The van der Waals surface area contributed by atoms with Gasteiger partial charge in [-0.2, -0.15) is 0 Å². The SMILES string of the molecule is CCOc1ccc(-c2ccc(-c3cc(C(=O)O)c4cc(F)ccc4n3)c(F)c2F)cc1. The van der Waals surface area contributed by atoms with Gasteiger partial charge in [0.25, 0.3) is 0 Å². The number of benzene rings is 3. The molecule has 0 unspecified atom stereocenters. The predicted molar refractivity (Wildman–Crippen MR) is 111 cm³/mol. The van der Waals surface area contributed by atoms with E-state index in [1.807, 2.05) is 6.92 Å². The van der Waals surface area contributed by atoms with Gasteiger partial charge in [-0.15, -0.1) is 0 Å². The molecule has 0 aliphatic heterocycles. The lowest BCUT2D eigenvalue weighted by molar-refractivity contribution is 0.0699. The Morgan fingerprint density at radius 1 is 0.935 bits per heavy atom. The molecular weight excluding hydrogens is 407 g/mol. The van der Waals surface area contributed by atoms with Gasteiger partial charge in [-0.05, 0) is 55.0 Å². The number of fused-ring (bicyclic) bond motifs is 1. The fourth-order valence-electron chi connectivity index (χ4n) is 3.38. The van der Waals surface area contributed by atoms with Gasteiger partial charge >= 0.3 is 5.97 Å². The molecule has 0 aliphatic rings. The summed E-state index contributed by atoms with van der Waals surface area (Å²) in [5, 5.41) is 9.57. The zero-order chi connectivity index (χ0) is 22.1. The van der Waals surface area contributed by atoms with Crippen LogP contribution in [0.15, 0.2) is 60.7 Å². The second-order valence-electron chi connectivity index (χ2n) is 6.77. The first kappa shape index (κ1) is 20.4. The minimum atomic E-state index is -1.33. The number of ether oxygens (including phenoxy) is 1. The lowest BCUT2D eigenvalue weighted by Gasteiger charge is -2.11. The summed E-state index contributed by atoms with van der Waals surface area (Å²) in [5.41, 5.74) is 0.152. The van der Waals surface area contributed by atoms with Crippen molar-refractivity contribution >= 4 is 16.9 Å².